The lowest BCUT2D eigenvalue weighted by Crippen LogP contribution is -2.57. The number of carbonyl (C=O) groups excluding carboxylic acids is 1. The van der Waals surface area contributed by atoms with E-state index in [-0.39, 0.29) is 16.6 Å². The summed E-state index contributed by atoms with van der Waals surface area (Å²) in [6.07, 6.45) is 12.5. The normalized spacial score (nSPS) is 60.1. The van der Waals surface area contributed by atoms with Gasteiger partial charge in [-0.2, -0.15) is 0 Å². The molecule has 6 fully saturated rings. The lowest BCUT2D eigenvalue weighted by atomic mass is 9.44. The third kappa shape index (κ3) is 2.49. The van der Waals surface area contributed by atoms with Crippen LogP contribution in [0.3, 0.4) is 0 Å². The number of carbonyl (C=O) groups is 1. The zero-order valence-electron chi connectivity index (χ0n) is 19.6. The highest BCUT2D eigenvalue weighted by Crippen LogP contribution is 2.70. The molecule has 0 aromatic heterocycles. The molecule has 2 saturated heterocycles. The molecular formula is C27H42O3. The maximum Gasteiger partial charge on any atom is 0.171 e. The van der Waals surface area contributed by atoms with E-state index >= 15 is 0 Å². The van der Waals surface area contributed by atoms with Crippen molar-refractivity contribution in [2.24, 2.45) is 52.3 Å². The topological polar surface area (TPSA) is 35.5 Å². The molecular weight excluding hydrogens is 372 g/mol. The summed E-state index contributed by atoms with van der Waals surface area (Å²) in [5.74, 6) is 4.13. The van der Waals surface area contributed by atoms with Crippen LogP contribution < -0.4 is 0 Å². The molecule has 11 atom stereocenters. The minimum atomic E-state index is -0.372. The fraction of sp³-hybridized carbons (Fsp3) is 0.963. The van der Waals surface area contributed by atoms with Gasteiger partial charge in [-0.05, 0) is 78.9 Å². The first kappa shape index (κ1) is 20.2. The Hall–Kier alpha value is -0.410. The molecule has 0 aromatic rings. The van der Waals surface area contributed by atoms with Crippen LogP contribution in [0.1, 0.15) is 91.9 Å². The fourth-order valence-corrected chi connectivity index (χ4v) is 10.1. The van der Waals surface area contributed by atoms with Crippen molar-refractivity contribution in [1.82, 2.24) is 0 Å². The van der Waals surface area contributed by atoms with Crippen molar-refractivity contribution >= 4 is 5.78 Å². The Kier molecular flexibility index (Phi) is 4.42. The van der Waals surface area contributed by atoms with Crippen molar-refractivity contribution in [3.63, 3.8) is 0 Å². The molecule has 3 nitrogen and oxygen atoms in total. The van der Waals surface area contributed by atoms with E-state index in [1.54, 1.807) is 0 Å². The summed E-state index contributed by atoms with van der Waals surface area (Å²) in [7, 11) is 0. The van der Waals surface area contributed by atoms with Gasteiger partial charge in [-0.3, -0.25) is 4.79 Å². The molecule has 4 saturated carbocycles. The highest BCUT2D eigenvalue weighted by molar-refractivity contribution is 5.84. The Bertz CT molecular complexity index is 724. The maximum atomic E-state index is 13.9. The third-order valence-corrected chi connectivity index (χ3v) is 11.5. The van der Waals surface area contributed by atoms with Gasteiger partial charge in [0.25, 0.3) is 0 Å². The third-order valence-electron chi connectivity index (χ3n) is 11.5. The van der Waals surface area contributed by atoms with Gasteiger partial charge in [-0.15, -0.1) is 0 Å². The standard InChI is InChI=1S/C27H42O3/c1-16-10-12-27(29-15-16)17(2)23-22(30-27)13-20-19-9-8-18-7-5-6-11-25(18,3)24(19)21(28)14-26(20,23)4/h16-20,22-24H,5-15H2,1-4H3/t16?,17-,18?,19-,20-,22-,23-,24+,25-,26-,27+/m0/s1. The minimum absolute atomic E-state index is 0.107. The minimum Gasteiger partial charge on any atom is -0.349 e. The van der Waals surface area contributed by atoms with Crippen LogP contribution in [-0.4, -0.2) is 24.3 Å². The predicted molar refractivity (Wildman–Crippen MR) is 117 cm³/mol. The zero-order chi connectivity index (χ0) is 20.9. The molecule has 4 aliphatic carbocycles. The molecule has 3 heteroatoms. The van der Waals surface area contributed by atoms with E-state index in [4.69, 9.17) is 9.47 Å². The van der Waals surface area contributed by atoms with Crippen LogP contribution in [0.5, 0.6) is 0 Å². The van der Waals surface area contributed by atoms with E-state index in [9.17, 15) is 4.79 Å². The van der Waals surface area contributed by atoms with Crippen LogP contribution in [0.15, 0.2) is 0 Å². The van der Waals surface area contributed by atoms with Gasteiger partial charge in [0, 0.05) is 24.7 Å². The first-order valence-corrected chi connectivity index (χ1v) is 13.1. The van der Waals surface area contributed by atoms with Crippen LogP contribution in [-0.2, 0) is 14.3 Å². The number of Topliss-reactive ketones (excluding diaryl/α,β-unsaturated/α-hetero) is 1. The quantitative estimate of drug-likeness (QED) is 0.487. The first-order chi connectivity index (χ1) is 14.3. The average Bonchev–Trinajstić information content (AvgIpc) is 3.14. The van der Waals surface area contributed by atoms with E-state index in [0.29, 0.717) is 47.4 Å². The molecule has 0 amide bonds. The molecule has 0 bridgehead atoms. The van der Waals surface area contributed by atoms with E-state index < -0.39 is 0 Å². The fourth-order valence-electron chi connectivity index (χ4n) is 10.1. The number of hydrogen-bond donors (Lipinski definition) is 0. The molecule has 6 aliphatic rings. The van der Waals surface area contributed by atoms with E-state index in [1.807, 2.05) is 0 Å². The zero-order valence-corrected chi connectivity index (χ0v) is 19.6. The Morgan fingerprint density at radius 2 is 1.80 bits per heavy atom. The van der Waals surface area contributed by atoms with Crippen molar-refractivity contribution in [3.8, 4) is 0 Å². The summed E-state index contributed by atoms with van der Waals surface area (Å²) in [5.41, 5.74) is 0.379. The first-order valence-electron chi connectivity index (χ1n) is 13.1. The van der Waals surface area contributed by atoms with Crippen molar-refractivity contribution < 1.29 is 14.3 Å². The summed E-state index contributed by atoms with van der Waals surface area (Å²) in [6, 6.07) is 0. The molecule has 0 N–H and O–H groups in total. The molecule has 2 aliphatic heterocycles. The number of ether oxygens (including phenoxy) is 2. The summed E-state index contributed by atoms with van der Waals surface area (Å²) < 4.78 is 13.3. The summed E-state index contributed by atoms with van der Waals surface area (Å²) >= 11 is 0. The largest absolute Gasteiger partial charge is 0.349 e. The number of ketones is 1. The Balaban J connectivity index is 1.31. The van der Waals surface area contributed by atoms with Gasteiger partial charge in [0.15, 0.2) is 5.79 Å². The van der Waals surface area contributed by atoms with Crippen molar-refractivity contribution in [2.75, 3.05) is 6.61 Å². The second-order valence-electron chi connectivity index (χ2n) is 12.9. The molecule has 0 aromatic carbocycles. The van der Waals surface area contributed by atoms with E-state index in [1.165, 1.54) is 51.4 Å². The molecule has 0 radical (unpaired) electrons. The molecule has 6 rings (SSSR count). The van der Waals surface area contributed by atoms with Crippen molar-refractivity contribution in [2.45, 2.75) is 104 Å². The highest BCUT2D eigenvalue weighted by atomic mass is 16.7. The lowest BCUT2D eigenvalue weighted by Gasteiger charge is -2.59. The summed E-state index contributed by atoms with van der Waals surface area (Å²) in [6.45, 7) is 10.5. The summed E-state index contributed by atoms with van der Waals surface area (Å²) in [5, 5.41) is 0. The maximum absolute atomic E-state index is 13.9. The Labute approximate surface area is 183 Å². The van der Waals surface area contributed by atoms with Gasteiger partial charge in [-0.25, -0.2) is 0 Å². The van der Waals surface area contributed by atoms with Gasteiger partial charge >= 0.3 is 0 Å². The highest BCUT2D eigenvalue weighted by Gasteiger charge is 2.70. The molecule has 2 heterocycles. The van der Waals surface area contributed by atoms with Crippen LogP contribution >= 0.6 is 0 Å². The van der Waals surface area contributed by atoms with E-state index in [2.05, 4.69) is 27.7 Å². The van der Waals surface area contributed by atoms with Crippen molar-refractivity contribution in [3.05, 3.63) is 0 Å². The van der Waals surface area contributed by atoms with Crippen LogP contribution in [0.2, 0.25) is 0 Å². The monoisotopic (exact) mass is 414 g/mol. The summed E-state index contributed by atoms with van der Waals surface area (Å²) in [4.78, 5) is 13.9. The number of hydrogen-bond acceptors (Lipinski definition) is 3. The molecule has 2 unspecified atom stereocenters. The van der Waals surface area contributed by atoms with Gasteiger partial charge < -0.3 is 9.47 Å². The molecule has 30 heavy (non-hydrogen) atoms. The number of rotatable bonds is 0. The lowest BCUT2D eigenvalue weighted by molar-refractivity contribution is -0.272. The van der Waals surface area contributed by atoms with Gasteiger partial charge in [-0.1, -0.05) is 40.5 Å². The predicted octanol–water partition coefficient (Wildman–Crippen LogP) is 6.00. The second kappa shape index (κ2) is 6.56. The molecule has 1 spiro atoms. The SMILES string of the molecule is CC1CC[C@@]2(OC1)O[C@H]1C[C@H]3[C@@H]4CCC5CCCC[C@]5(C)[C@H]4C(=O)C[C@]3(C)[C@H]1[C@@H]2C. The smallest absolute Gasteiger partial charge is 0.171 e. The Morgan fingerprint density at radius 3 is 2.57 bits per heavy atom. The van der Waals surface area contributed by atoms with Crippen LogP contribution in [0.25, 0.3) is 0 Å². The second-order valence-corrected chi connectivity index (χ2v) is 12.9. The van der Waals surface area contributed by atoms with Gasteiger partial charge in [0.1, 0.15) is 5.78 Å². The van der Waals surface area contributed by atoms with Crippen LogP contribution in [0, 0.1) is 52.3 Å². The van der Waals surface area contributed by atoms with Gasteiger partial charge in [0.2, 0.25) is 0 Å². The van der Waals surface area contributed by atoms with Crippen LogP contribution in [0.4, 0.5) is 0 Å². The van der Waals surface area contributed by atoms with Crippen molar-refractivity contribution in [1.29, 1.82) is 0 Å². The van der Waals surface area contributed by atoms with Gasteiger partial charge in [0.05, 0.1) is 12.7 Å². The number of fused-ring (bicyclic) bond motifs is 7. The molecule has 168 valence electrons. The average molecular weight is 415 g/mol. The Morgan fingerprint density at radius 1 is 0.967 bits per heavy atom. The van der Waals surface area contributed by atoms with E-state index in [0.717, 1.165) is 25.4 Å².